The van der Waals surface area contributed by atoms with Gasteiger partial charge in [0.15, 0.2) is 5.17 Å². The van der Waals surface area contributed by atoms with Crippen LogP contribution in [0.25, 0.3) is 6.08 Å². The average molecular weight is 322 g/mol. The molecule has 0 bridgehead atoms. The van der Waals surface area contributed by atoms with E-state index in [4.69, 9.17) is 0 Å². The van der Waals surface area contributed by atoms with E-state index >= 15 is 0 Å². The van der Waals surface area contributed by atoms with E-state index in [0.29, 0.717) is 6.54 Å². The highest BCUT2D eigenvalue weighted by Gasteiger charge is 2.32. The summed E-state index contributed by atoms with van der Waals surface area (Å²) in [6.45, 7) is 2.75. The van der Waals surface area contributed by atoms with Crippen LogP contribution >= 0.6 is 11.8 Å². The van der Waals surface area contributed by atoms with E-state index in [9.17, 15) is 4.79 Å². The summed E-state index contributed by atoms with van der Waals surface area (Å²) >= 11 is 1.44. The molecule has 0 saturated carbocycles. The van der Waals surface area contributed by atoms with Gasteiger partial charge in [0.1, 0.15) is 0 Å². The molecule has 1 fully saturated rings. The van der Waals surface area contributed by atoms with Crippen LogP contribution in [0.3, 0.4) is 0 Å². The number of carbonyl (C=O) groups is 1. The first-order valence-electron chi connectivity index (χ1n) is 7.68. The molecule has 0 atom stereocenters. The smallest absolute Gasteiger partial charge is 0.266 e. The molecular formula is C19H18N2OS. The van der Waals surface area contributed by atoms with Crippen molar-refractivity contribution < 1.29 is 4.79 Å². The van der Waals surface area contributed by atoms with Crippen molar-refractivity contribution in [2.24, 2.45) is 4.99 Å². The molecule has 0 spiro atoms. The zero-order valence-electron chi connectivity index (χ0n) is 13.0. The van der Waals surface area contributed by atoms with Gasteiger partial charge in [0.2, 0.25) is 0 Å². The fraction of sp³-hybridized carbons (Fsp3) is 0.158. The summed E-state index contributed by atoms with van der Waals surface area (Å²) < 4.78 is 0. The number of rotatable bonds is 4. The molecular weight excluding hydrogens is 304 g/mol. The van der Waals surface area contributed by atoms with Crippen LogP contribution in [0.15, 0.2) is 70.6 Å². The molecule has 0 N–H and O–H groups in total. The summed E-state index contributed by atoms with van der Waals surface area (Å²) in [6.07, 6.45) is 2.84. The molecule has 1 saturated heterocycles. The van der Waals surface area contributed by atoms with E-state index < -0.39 is 0 Å². The van der Waals surface area contributed by atoms with Crippen molar-refractivity contribution in [1.29, 1.82) is 0 Å². The lowest BCUT2D eigenvalue weighted by molar-refractivity contribution is -0.122. The van der Waals surface area contributed by atoms with Crippen molar-refractivity contribution >= 4 is 34.6 Å². The van der Waals surface area contributed by atoms with Crippen molar-refractivity contribution in [3.05, 3.63) is 71.1 Å². The zero-order chi connectivity index (χ0) is 16.1. The number of thioether (sulfide) groups is 1. The molecule has 0 aromatic heterocycles. The summed E-state index contributed by atoms with van der Waals surface area (Å²) in [6, 6.07) is 19.7. The molecule has 1 aliphatic rings. The van der Waals surface area contributed by atoms with Gasteiger partial charge in [-0.25, -0.2) is 4.99 Å². The van der Waals surface area contributed by atoms with Gasteiger partial charge in [-0.05, 0) is 42.0 Å². The maximum Gasteiger partial charge on any atom is 0.266 e. The van der Waals surface area contributed by atoms with Gasteiger partial charge in [-0.3, -0.25) is 9.69 Å². The van der Waals surface area contributed by atoms with Crippen LogP contribution < -0.4 is 0 Å². The van der Waals surface area contributed by atoms with Crippen LogP contribution in [0.2, 0.25) is 0 Å². The van der Waals surface area contributed by atoms with Crippen LogP contribution in [0.4, 0.5) is 5.69 Å². The summed E-state index contributed by atoms with van der Waals surface area (Å²) in [7, 11) is 0. The number of aliphatic imine (C=N–C) groups is 1. The molecule has 4 heteroatoms. The number of carbonyl (C=O) groups excluding carboxylic acids is 1. The first-order chi connectivity index (χ1) is 11.3. The fourth-order valence-electron chi connectivity index (χ4n) is 2.33. The molecule has 116 valence electrons. The van der Waals surface area contributed by atoms with E-state index in [1.54, 1.807) is 4.90 Å². The Balaban J connectivity index is 1.93. The number of nitrogens with zero attached hydrogens (tertiary/aromatic N) is 2. The molecule has 3 nitrogen and oxygen atoms in total. The van der Waals surface area contributed by atoms with Crippen molar-refractivity contribution in [2.45, 2.75) is 13.3 Å². The third-order valence-electron chi connectivity index (χ3n) is 3.41. The Kier molecular flexibility index (Phi) is 4.93. The minimum Gasteiger partial charge on any atom is -0.286 e. The van der Waals surface area contributed by atoms with Crippen LogP contribution in [-0.2, 0) is 4.79 Å². The maximum atomic E-state index is 12.7. The lowest BCUT2D eigenvalue weighted by atomic mass is 10.2. The number of hydrogen-bond donors (Lipinski definition) is 0. The van der Waals surface area contributed by atoms with E-state index in [-0.39, 0.29) is 5.91 Å². The van der Waals surface area contributed by atoms with E-state index in [1.807, 2.05) is 66.7 Å². The first kappa shape index (κ1) is 15.6. The average Bonchev–Trinajstić information content (AvgIpc) is 2.86. The first-order valence-corrected chi connectivity index (χ1v) is 8.50. The summed E-state index contributed by atoms with van der Waals surface area (Å²) in [4.78, 5) is 19.8. The van der Waals surface area contributed by atoms with E-state index in [0.717, 1.165) is 27.7 Å². The van der Waals surface area contributed by atoms with Crippen molar-refractivity contribution in [3.8, 4) is 0 Å². The van der Waals surface area contributed by atoms with Crippen LogP contribution in [-0.4, -0.2) is 22.5 Å². The summed E-state index contributed by atoms with van der Waals surface area (Å²) in [5, 5.41) is 0.755. The zero-order valence-corrected chi connectivity index (χ0v) is 13.8. The second-order valence-electron chi connectivity index (χ2n) is 5.21. The number of amides is 1. The molecule has 0 unspecified atom stereocenters. The minimum atomic E-state index is 0.0374. The van der Waals surface area contributed by atoms with Gasteiger partial charge in [-0.2, -0.15) is 0 Å². The Morgan fingerprint density at radius 1 is 1.04 bits per heavy atom. The number of amidine groups is 1. The van der Waals surface area contributed by atoms with Crippen molar-refractivity contribution in [3.63, 3.8) is 0 Å². The second kappa shape index (κ2) is 7.29. The van der Waals surface area contributed by atoms with Gasteiger partial charge in [0, 0.05) is 6.54 Å². The Bertz CT molecular complexity index is 738. The SMILES string of the molecule is CCCN1C(=O)C(=Cc2ccccc2)SC1=Nc1ccccc1. The molecule has 2 aromatic rings. The van der Waals surface area contributed by atoms with Gasteiger partial charge in [0.05, 0.1) is 10.6 Å². The predicted molar refractivity (Wildman–Crippen MR) is 97.6 cm³/mol. The van der Waals surface area contributed by atoms with Gasteiger partial charge in [-0.15, -0.1) is 0 Å². The standard InChI is InChI=1S/C19H18N2OS/c1-2-13-21-18(22)17(14-15-9-5-3-6-10-15)23-19(21)20-16-11-7-4-8-12-16/h3-12,14H,2,13H2,1H3. The summed E-state index contributed by atoms with van der Waals surface area (Å²) in [5.74, 6) is 0.0374. The van der Waals surface area contributed by atoms with Gasteiger partial charge in [0.25, 0.3) is 5.91 Å². The topological polar surface area (TPSA) is 32.7 Å². The molecule has 0 aliphatic carbocycles. The lowest BCUT2D eigenvalue weighted by Crippen LogP contribution is -2.29. The second-order valence-corrected chi connectivity index (χ2v) is 6.22. The highest BCUT2D eigenvalue weighted by molar-refractivity contribution is 8.18. The van der Waals surface area contributed by atoms with Crippen molar-refractivity contribution in [2.75, 3.05) is 6.54 Å². The molecule has 3 rings (SSSR count). The van der Waals surface area contributed by atoms with Crippen LogP contribution in [0.1, 0.15) is 18.9 Å². The Labute approximate surface area is 140 Å². The van der Waals surface area contributed by atoms with E-state index in [2.05, 4.69) is 11.9 Å². The Morgan fingerprint density at radius 2 is 1.70 bits per heavy atom. The lowest BCUT2D eigenvalue weighted by Gasteiger charge is -2.13. The monoisotopic (exact) mass is 322 g/mol. The Hall–Kier alpha value is -2.33. The molecule has 2 aromatic carbocycles. The molecule has 1 aliphatic heterocycles. The molecule has 1 amide bonds. The van der Waals surface area contributed by atoms with Gasteiger partial charge >= 0.3 is 0 Å². The third kappa shape index (κ3) is 3.71. The number of benzene rings is 2. The predicted octanol–water partition coefficient (Wildman–Crippen LogP) is 4.70. The largest absolute Gasteiger partial charge is 0.286 e. The molecule has 1 heterocycles. The highest BCUT2D eigenvalue weighted by Crippen LogP contribution is 2.34. The van der Waals surface area contributed by atoms with Crippen LogP contribution in [0.5, 0.6) is 0 Å². The minimum absolute atomic E-state index is 0.0374. The fourth-order valence-corrected chi connectivity index (χ4v) is 3.35. The quantitative estimate of drug-likeness (QED) is 0.764. The normalized spacial score (nSPS) is 18.1. The van der Waals surface area contributed by atoms with E-state index in [1.165, 1.54) is 11.8 Å². The molecule has 23 heavy (non-hydrogen) atoms. The highest BCUT2D eigenvalue weighted by atomic mass is 32.2. The van der Waals surface area contributed by atoms with Gasteiger partial charge < -0.3 is 0 Å². The third-order valence-corrected chi connectivity index (χ3v) is 4.42. The van der Waals surface area contributed by atoms with Crippen molar-refractivity contribution in [1.82, 2.24) is 4.90 Å². The maximum absolute atomic E-state index is 12.7. The van der Waals surface area contributed by atoms with Crippen LogP contribution in [0, 0.1) is 0 Å². The van der Waals surface area contributed by atoms with Gasteiger partial charge in [-0.1, -0.05) is 55.5 Å². The Morgan fingerprint density at radius 3 is 2.35 bits per heavy atom. The number of hydrogen-bond acceptors (Lipinski definition) is 3. The molecule has 0 radical (unpaired) electrons. The summed E-state index contributed by atoms with van der Waals surface area (Å²) in [5.41, 5.74) is 1.89. The number of para-hydroxylation sites is 1.